The molecular weight excluding hydrogens is 280 g/mol. The van der Waals surface area contributed by atoms with Crippen LogP contribution >= 0.6 is 0 Å². The van der Waals surface area contributed by atoms with E-state index in [2.05, 4.69) is 0 Å². The standard InChI is InChI=1S/C17H26N2O3/c1-18(15-6-3-2-4-7-15)14-17(21)19-10-8-16(9-11-19)22-13-5-12-20/h2-4,6-7,16,20H,5,8-14H2,1H3. The smallest absolute Gasteiger partial charge is 0.242 e. The number of hydrogen-bond donors (Lipinski definition) is 1. The van der Waals surface area contributed by atoms with Crippen molar-refractivity contribution in [3.63, 3.8) is 0 Å². The van der Waals surface area contributed by atoms with Gasteiger partial charge in [-0.1, -0.05) is 18.2 Å². The Labute approximate surface area is 132 Å². The van der Waals surface area contributed by atoms with Crippen LogP contribution in [0.25, 0.3) is 0 Å². The van der Waals surface area contributed by atoms with Gasteiger partial charge in [-0.3, -0.25) is 4.79 Å². The number of likely N-dealkylation sites (N-methyl/N-ethyl adjacent to an activating group) is 1. The minimum atomic E-state index is 0.167. The van der Waals surface area contributed by atoms with Gasteiger partial charge in [0.05, 0.1) is 12.6 Å². The second kappa shape index (κ2) is 8.76. The number of aliphatic hydroxyl groups excluding tert-OH is 1. The molecule has 1 fully saturated rings. The average Bonchev–Trinajstić information content (AvgIpc) is 2.56. The lowest BCUT2D eigenvalue weighted by atomic mass is 10.1. The van der Waals surface area contributed by atoms with E-state index in [4.69, 9.17) is 9.84 Å². The lowest BCUT2D eigenvalue weighted by molar-refractivity contribution is -0.132. The number of para-hydroxylation sites is 1. The van der Waals surface area contributed by atoms with E-state index < -0.39 is 0 Å². The number of ether oxygens (including phenoxy) is 1. The largest absolute Gasteiger partial charge is 0.396 e. The molecule has 0 spiro atoms. The lowest BCUT2D eigenvalue weighted by Crippen LogP contribution is -2.45. The number of benzene rings is 1. The maximum atomic E-state index is 12.4. The molecule has 5 nitrogen and oxygen atoms in total. The van der Waals surface area contributed by atoms with Gasteiger partial charge >= 0.3 is 0 Å². The van der Waals surface area contributed by atoms with Gasteiger partial charge in [0.15, 0.2) is 0 Å². The minimum Gasteiger partial charge on any atom is -0.396 e. The minimum absolute atomic E-state index is 0.167. The molecule has 1 aliphatic rings. The van der Waals surface area contributed by atoms with Crippen LogP contribution in [0.5, 0.6) is 0 Å². The van der Waals surface area contributed by atoms with Crippen LogP contribution in [0.2, 0.25) is 0 Å². The van der Waals surface area contributed by atoms with E-state index in [-0.39, 0.29) is 18.6 Å². The molecule has 5 heteroatoms. The van der Waals surface area contributed by atoms with E-state index >= 15 is 0 Å². The van der Waals surface area contributed by atoms with Crippen molar-refractivity contribution in [3.8, 4) is 0 Å². The average molecular weight is 306 g/mol. The number of piperidine rings is 1. The predicted octanol–water partition coefficient (Wildman–Crippen LogP) is 1.51. The molecule has 1 aliphatic heterocycles. The van der Waals surface area contributed by atoms with Gasteiger partial charge in [0, 0.05) is 39.0 Å². The first-order chi connectivity index (χ1) is 10.7. The molecule has 0 bridgehead atoms. The zero-order valence-corrected chi connectivity index (χ0v) is 13.3. The molecule has 122 valence electrons. The number of carbonyl (C=O) groups is 1. The molecule has 1 aromatic carbocycles. The molecule has 0 aliphatic carbocycles. The van der Waals surface area contributed by atoms with Crippen molar-refractivity contribution in [2.75, 3.05) is 44.8 Å². The van der Waals surface area contributed by atoms with Crippen LogP contribution in [0.3, 0.4) is 0 Å². The molecule has 1 saturated heterocycles. The van der Waals surface area contributed by atoms with E-state index in [1.165, 1.54) is 0 Å². The van der Waals surface area contributed by atoms with Crippen molar-refractivity contribution in [1.82, 2.24) is 4.90 Å². The SMILES string of the molecule is CN(CC(=O)N1CCC(OCCCO)CC1)c1ccccc1. The summed E-state index contributed by atoms with van der Waals surface area (Å²) in [5.74, 6) is 0.167. The third-order valence-corrected chi connectivity index (χ3v) is 4.02. The van der Waals surface area contributed by atoms with Crippen LogP contribution in [-0.4, -0.2) is 61.9 Å². The summed E-state index contributed by atoms with van der Waals surface area (Å²) in [4.78, 5) is 16.3. The van der Waals surface area contributed by atoms with Gasteiger partial charge in [-0.25, -0.2) is 0 Å². The third kappa shape index (κ3) is 5.00. The first-order valence-electron chi connectivity index (χ1n) is 7.97. The van der Waals surface area contributed by atoms with Gasteiger partial charge in [0.2, 0.25) is 5.91 Å². The Balaban J connectivity index is 1.73. The normalized spacial score (nSPS) is 15.8. The molecule has 0 atom stereocenters. The summed E-state index contributed by atoms with van der Waals surface area (Å²) < 4.78 is 5.69. The maximum Gasteiger partial charge on any atom is 0.242 e. The van der Waals surface area contributed by atoms with Gasteiger partial charge in [-0.05, 0) is 31.4 Å². The van der Waals surface area contributed by atoms with Gasteiger partial charge in [0.25, 0.3) is 0 Å². The summed E-state index contributed by atoms with van der Waals surface area (Å²) in [6.45, 7) is 2.69. The Hall–Kier alpha value is -1.59. The first kappa shape index (κ1) is 16.8. The van der Waals surface area contributed by atoms with Crippen LogP contribution in [-0.2, 0) is 9.53 Å². The quantitative estimate of drug-likeness (QED) is 0.776. The van der Waals surface area contributed by atoms with Crippen molar-refractivity contribution in [2.24, 2.45) is 0 Å². The Bertz CT molecular complexity index is 444. The zero-order chi connectivity index (χ0) is 15.8. The fraction of sp³-hybridized carbons (Fsp3) is 0.588. The van der Waals surface area contributed by atoms with E-state index in [9.17, 15) is 4.79 Å². The van der Waals surface area contributed by atoms with Crippen LogP contribution < -0.4 is 4.90 Å². The van der Waals surface area contributed by atoms with Crippen LogP contribution in [0, 0.1) is 0 Å². The first-order valence-corrected chi connectivity index (χ1v) is 7.97. The summed E-state index contributed by atoms with van der Waals surface area (Å²) in [5, 5.41) is 8.75. The number of hydrogen-bond acceptors (Lipinski definition) is 4. The number of nitrogens with zero attached hydrogens (tertiary/aromatic N) is 2. The fourth-order valence-corrected chi connectivity index (χ4v) is 2.66. The summed E-state index contributed by atoms with van der Waals surface area (Å²) in [7, 11) is 1.94. The Morgan fingerprint density at radius 2 is 2.00 bits per heavy atom. The molecule has 1 amide bonds. The van der Waals surface area contributed by atoms with Crippen molar-refractivity contribution in [2.45, 2.75) is 25.4 Å². The maximum absolute atomic E-state index is 12.4. The molecular formula is C17H26N2O3. The number of anilines is 1. The molecule has 0 radical (unpaired) electrons. The molecule has 0 saturated carbocycles. The predicted molar refractivity (Wildman–Crippen MR) is 87.0 cm³/mol. The Morgan fingerprint density at radius 1 is 1.32 bits per heavy atom. The molecule has 1 heterocycles. The molecule has 1 N–H and O–H groups in total. The van der Waals surface area contributed by atoms with Gasteiger partial charge < -0.3 is 19.6 Å². The topological polar surface area (TPSA) is 53.0 Å². The lowest BCUT2D eigenvalue weighted by Gasteiger charge is -2.33. The summed E-state index contributed by atoms with van der Waals surface area (Å²) in [6, 6.07) is 9.95. The highest BCUT2D eigenvalue weighted by atomic mass is 16.5. The summed E-state index contributed by atoms with van der Waals surface area (Å²) in [5.41, 5.74) is 1.05. The molecule has 1 aromatic rings. The number of carbonyl (C=O) groups excluding carboxylic acids is 1. The fourth-order valence-electron chi connectivity index (χ4n) is 2.66. The van der Waals surface area contributed by atoms with E-state index in [1.807, 2.05) is 47.2 Å². The number of likely N-dealkylation sites (tertiary alicyclic amines) is 1. The molecule has 0 aromatic heterocycles. The van der Waals surface area contributed by atoms with Crippen LogP contribution in [0.15, 0.2) is 30.3 Å². The Kier molecular flexibility index (Phi) is 6.68. The number of aliphatic hydroxyl groups is 1. The Morgan fingerprint density at radius 3 is 2.64 bits per heavy atom. The monoisotopic (exact) mass is 306 g/mol. The van der Waals surface area contributed by atoms with Crippen molar-refractivity contribution in [3.05, 3.63) is 30.3 Å². The van der Waals surface area contributed by atoms with Crippen LogP contribution in [0.4, 0.5) is 5.69 Å². The van der Waals surface area contributed by atoms with Crippen LogP contribution in [0.1, 0.15) is 19.3 Å². The molecule has 0 unspecified atom stereocenters. The van der Waals surface area contributed by atoms with Gasteiger partial charge in [-0.2, -0.15) is 0 Å². The van der Waals surface area contributed by atoms with Crippen molar-refractivity contribution in [1.29, 1.82) is 0 Å². The second-order valence-corrected chi connectivity index (χ2v) is 5.72. The van der Waals surface area contributed by atoms with E-state index in [0.29, 0.717) is 19.6 Å². The highest BCUT2D eigenvalue weighted by Crippen LogP contribution is 2.16. The molecule has 22 heavy (non-hydrogen) atoms. The second-order valence-electron chi connectivity index (χ2n) is 5.72. The number of amides is 1. The summed E-state index contributed by atoms with van der Waals surface area (Å²) in [6.07, 6.45) is 2.67. The number of rotatable bonds is 7. The highest BCUT2D eigenvalue weighted by molar-refractivity contribution is 5.81. The van der Waals surface area contributed by atoms with Crippen molar-refractivity contribution >= 4 is 11.6 Å². The van der Waals surface area contributed by atoms with Gasteiger partial charge in [-0.15, -0.1) is 0 Å². The third-order valence-electron chi connectivity index (χ3n) is 4.02. The highest BCUT2D eigenvalue weighted by Gasteiger charge is 2.23. The van der Waals surface area contributed by atoms with E-state index in [1.54, 1.807) is 0 Å². The summed E-state index contributed by atoms with van der Waals surface area (Å²) >= 11 is 0. The van der Waals surface area contributed by atoms with E-state index in [0.717, 1.165) is 31.6 Å². The molecule has 2 rings (SSSR count). The zero-order valence-electron chi connectivity index (χ0n) is 13.3. The van der Waals surface area contributed by atoms with Gasteiger partial charge in [0.1, 0.15) is 0 Å². The van der Waals surface area contributed by atoms with Crippen molar-refractivity contribution < 1.29 is 14.6 Å².